The van der Waals surface area contributed by atoms with Crippen molar-refractivity contribution in [1.82, 2.24) is 10.2 Å². The van der Waals surface area contributed by atoms with Crippen molar-refractivity contribution in [3.63, 3.8) is 0 Å². The lowest BCUT2D eigenvalue weighted by Crippen LogP contribution is -2.42. The van der Waals surface area contributed by atoms with E-state index in [0.717, 1.165) is 10.9 Å². The van der Waals surface area contributed by atoms with Gasteiger partial charge in [-0.2, -0.15) is 0 Å². The van der Waals surface area contributed by atoms with Gasteiger partial charge in [-0.25, -0.2) is 0 Å². The Hall–Kier alpha value is -1.64. The highest BCUT2D eigenvalue weighted by Crippen LogP contribution is 2.20. The molecule has 9 heteroatoms. The van der Waals surface area contributed by atoms with E-state index in [9.17, 15) is 14.4 Å². The molecular formula is C15H21BrClN3O4. The van der Waals surface area contributed by atoms with Gasteiger partial charge < -0.3 is 15.7 Å². The van der Waals surface area contributed by atoms with Gasteiger partial charge in [0.2, 0.25) is 11.8 Å². The number of anilines is 1. The lowest BCUT2D eigenvalue weighted by Gasteiger charge is -2.18. The molecule has 24 heavy (non-hydrogen) atoms. The number of carbonyl (C=O) groups excluding carboxylic acids is 2. The molecule has 0 aromatic heterocycles. The quantitative estimate of drug-likeness (QED) is 0.563. The Bertz CT molecular complexity index is 571. The number of halogens is 2. The molecule has 7 nitrogen and oxygen atoms in total. The molecular weight excluding hydrogens is 402 g/mol. The number of hydrogen-bond donors (Lipinski definition) is 3. The Morgan fingerprint density at radius 3 is 2.42 bits per heavy atom. The Balaban J connectivity index is 0.00000529. The van der Waals surface area contributed by atoms with Crippen molar-refractivity contribution in [1.29, 1.82) is 0 Å². The number of carboxylic acids is 1. The maximum absolute atomic E-state index is 11.8. The first-order chi connectivity index (χ1) is 10.9. The summed E-state index contributed by atoms with van der Waals surface area (Å²) in [4.78, 5) is 35.8. The van der Waals surface area contributed by atoms with E-state index in [1.807, 2.05) is 13.0 Å². The second-order valence-corrected chi connectivity index (χ2v) is 5.76. The van der Waals surface area contributed by atoms with E-state index in [-0.39, 0.29) is 43.9 Å². The summed E-state index contributed by atoms with van der Waals surface area (Å²) in [7, 11) is 0. The van der Waals surface area contributed by atoms with Crippen LogP contribution >= 0.6 is 28.3 Å². The predicted octanol–water partition coefficient (Wildman–Crippen LogP) is 1.72. The van der Waals surface area contributed by atoms with Crippen molar-refractivity contribution in [2.75, 3.05) is 31.5 Å². The summed E-state index contributed by atoms with van der Waals surface area (Å²) < 4.78 is 0.746. The van der Waals surface area contributed by atoms with E-state index in [0.29, 0.717) is 12.2 Å². The van der Waals surface area contributed by atoms with Crippen LogP contribution in [0.5, 0.6) is 0 Å². The van der Waals surface area contributed by atoms with Gasteiger partial charge in [0, 0.05) is 4.47 Å². The maximum atomic E-state index is 11.8. The average Bonchev–Trinajstić information content (AvgIpc) is 2.47. The van der Waals surface area contributed by atoms with E-state index >= 15 is 0 Å². The lowest BCUT2D eigenvalue weighted by molar-refractivity contribution is -0.138. The van der Waals surface area contributed by atoms with Gasteiger partial charge in [0.05, 0.1) is 25.3 Å². The minimum absolute atomic E-state index is 0. The molecule has 1 rings (SSSR count). The maximum Gasteiger partial charge on any atom is 0.317 e. The molecule has 0 unspecified atom stereocenters. The summed E-state index contributed by atoms with van der Waals surface area (Å²) >= 11 is 3.31. The molecule has 0 radical (unpaired) electrons. The first-order valence-corrected chi connectivity index (χ1v) is 7.97. The second kappa shape index (κ2) is 11.8. The zero-order valence-corrected chi connectivity index (χ0v) is 15.7. The Morgan fingerprint density at radius 1 is 1.17 bits per heavy atom. The van der Waals surface area contributed by atoms with E-state index in [2.05, 4.69) is 26.6 Å². The number of hydrogen-bond acceptors (Lipinski definition) is 4. The van der Waals surface area contributed by atoms with Gasteiger partial charge in [0.15, 0.2) is 0 Å². The molecule has 1 aromatic rings. The van der Waals surface area contributed by atoms with Crippen LogP contribution in [0.15, 0.2) is 28.7 Å². The van der Waals surface area contributed by atoms with Crippen molar-refractivity contribution < 1.29 is 19.5 Å². The highest BCUT2D eigenvalue weighted by atomic mass is 79.9. The smallest absolute Gasteiger partial charge is 0.317 e. The molecule has 0 atom stereocenters. The monoisotopic (exact) mass is 421 g/mol. The summed E-state index contributed by atoms with van der Waals surface area (Å²) in [6.45, 7) is 1.97. The molecule has 0 bridgehead atoms. The molecule has 0 spiro atoms. The van der Waals surface area contributed by atoms with Crippen LogP contribution in [0.1, 0.15) is 13.3 Å². The zero-order valence-electron chi connectivity index (χ0n) is 13.3. The second-order valence-electron chi connectivity index (χ2n) is 4.91. The predicted molar refractivity (Wildman–Crippen MR) is 97.4 cm³/mol. The van der Waals surface area contributed by atoms with Crippen molar-refractivity contribution in [2.45, 2.75) is 13.3 Å². The SMILES string of the molecule is CCCN(CC(=O)O)CC(=O)NCC(=O)Nc1ccccc1Br.Cl. The van der Waals surface area contributed by atoms with Crippen molar-refractivity contribution in [2.24, 2.45) is 0 Å². The van der Waals surface area contributed by atoms with Crippen LogP contribution in [0.3, 0.4) is 0 Å². The summed E-state index contributed by atoms with van der Waals surface area (Å²) in [6, 6.07) is 7.14. The third kappa shape index (κ3) is 8.85. The van der Waals surface area contributed by atoms with Crippen molar-refractivity contribution in [3.05, 3.63) is 28.7 Å². The van der Waals surface area contributed by atoms with Crippen LogP contribution in [-0.4, -0.2) is 54.0 Å². The third-order valence-corrected chi connectivity index (χ3v) is 3.55. The minimum atomic E-state index is -0.988. The molecule has 134 valence electrons. The van der Waals surface area contributed by atoms with Gasteiger partial charge in [-0.15, -0.1) is 12.4 Å². The van der Waals surface area contributed by atoms with Gasteiger partial charge >= 0.3 is 5.97 Å². The highest BCUT2D eigenvalue weighted by Gasteiger charge is 2.14. The Morgan fingerprint density at radius 2 is 1.83 bits per heavy atom. The van der Waals surface area contributed by atoms with Crippen LogP contribution in [0.25, 0.3) is 0 Å². The largest absolute Gasteiger partial charge is 0.480 e. The van der Waals surface area contributed by atoms with Gasteiger partial charge in [0.1, 0.15) is 0 Å². The van der Waals surface area contributed by atoms with Crippen LogP contribution in [-0.2, 0) is 14.4 Å². The summed E-state index contributed by atoms with van der Waals surface area (Å²) in [5.41, 5.74) is 0.616. The van der Waals surface area contributed by atoms with Gasteiger partial charge in [0.25, 0.3) is 0 Å². The number of rotatable bonds is 9. The number of aliphatic carboxylic acids is 1. The minimum Gasteiger partial charge on any atom is -0.480 e. The van der Waals surface area contributed by atoms with E-state index in [1.165, 1.54) is 4.90 Å². The highest BCUT2D eigenvalue weighted by molar-refractivity contribution is 9.10. The topological polar surface area (TPSA) is 98.7 Å². The number of nitrogens with zero attached hydrogens (tertiary/aromatic N) is 1. The number of carbonyl (C=O) groups is 3. The lowest BCUT2D eigenvalue weighted by atomic mass is 10.3. The van der Waals surface area contributed by atoms with Crippen LogP contribution in [0.2, 0.25) is 0 Å². The molecule has 0 aliphatic rings. The number of amides is 2. The van der Waals surface area contributed by atoms with E-state index in [4.69, 9.17) is 5.11 Å². The fraction of sp³-hybridized carbons (Fsp3) is 0.400. The normalized spacial score (nSPS) is 9.96. The van der Waals surface area contributed by atoms with Crippen molar-refractivity contribution in [3.8, 4) is 0 Å². The zero-order chi connectivity index (χ0) is 17.2. The van der Waals surface area contributed by atoms with E-state index < -0.39 is 5.97 Å². The van der Waals surface area contributed by atoms with Crippen LogP contribution in [0, 0.1) is 0 Å². The van der Waals surface area contributed by atoms with Gasteiger partial charge in [-0.3, -0.25) is 19.3 Å². The Labute approximate surface area is 155 Å². The van der Waals surface area contributed by atoms with E-state index in [1.54, 1.807) is 18.2 Å². The fourth-order valence-electron chi connectivity index (χ4n) is 1.92. The standard InChI is InChI=1S/C15H20BrN3O4.ClH/c1-2-7-19(10-15(22)23)9-14(21)17-8-13(20)18-12-6-4-3-5-11(12)16;/h3-6H,2,7-10H2,1H3,(H,17,21)(H,18,20)(H,22,23);1H. The molecule has 0 saturated carbocycles. The molecule has 2 amide bonds. The van der Waals surface area contributed by atoms with Crippen LogP contribution in [0.4, 0.5) is 5.69 Å². The number of carboxylic acid groups (broad SMARTS) is 1. The van der Waals surface area contributed by atoms with Crippen LogP contribution < -0.4 is 10.6 Å². The fourth-order valence-corrected chi connectivity index (χ4v) is 2.30. The third-order valence-electron chi connectivity index (χ3n) is 2.86. The van der Waals surface area contributed by atoms with Gasteiger partial charge in [-0.05, 0) is 41.0 Å². The number of nitrogens with one attached hydrogen (secondary N) is 2. The molecule has 0 fully saturated rings. The summed E-state index contributed by atoms with van der Waals surface area (Å²) in [5.74, 6) is -1.73. The molecule has 0 aliphatic heterocycles. The Kier molecular flexibility index (Phi) is 11.0. The summed E-state index contributed by atoms with van der Waals surface area (Å²) in [5, 5.41) is 13.9. The molecule has 0 heterocycles. The van der Waals surface area contributed by atoms with Crippen molar-refractivity contribution >= 4 is 51.8 Å². The average molecular weight is 423 g/mol. The summed E-state index contributed by atoms with van der Waals surface area (Å²) in [6.07, 6.45) is 0.739. The first kappa shape index (κ1) is 22.4. The molecule has 3 N–H and O–H groups in total. The molecule has 0 saturated heterocycles. The first-order valence-electron chi connectivity index (χ1n) is 7.17. The van der Waals surface area contributed by atoms with Gasteiger partial charge in [-0.1, -0.05) is 19.1 Å². The number of para-hydroxylation sites is 1. The molecule has 1 aromatic carbocycles. The molecule has 0 aliphatic carbocycles. The number of benzene rings is 1.